The van der Waals surface area contributed by atoms with Gasteiger partial charge < -0.3 is 14.7 Å². The number of nitrogens with zero attached hydrogens (tertiary/aromatic N) is 5. The van der Waals surface area contributed by atoms with Gasteiger partial charge in [-0.05, 0) is 36.6 Å². The van der Waals surface area contributed by atoms with Crippen LogP contribution in [0.2, 0.25) is 0 Å². The third kappa shape index (κ3) is 6.72. The summed E-state index contributed by atoms with van der Waals surface area (Å²) in [5.41, 5.74) is 3.82. The smallest absolute Gasteiger partial charge is 0.242 e. The van der Waals surface area contributed by atoms with Crippen LogP contribution in [0.5, 0.6) is 0 Å². The SMILES string of the molecule is C[C@@H](c1ccccc1)N(CC(=O)N1CCCN(c2ccc(-c3ccccc3)nn2)CC1)C(=O)Cc1ccccc1. The molecular weight excluding hydrogens is 498 g/mol. The largest absolute Gasteiger partial charge is 0.353 e. The quantitative estimate of drug-likeness (QED) is 0.318. The Morgan fingerprint density at radius 3 is 2.12 bits per heavy atom. The number of carbonyl (C=O) groups is 2. The highest BCUT2D eigenvalue weighted by Gasteiger charge is 2.27. The highest BCUT2D eigenvalue weighted by atomic mass is 16.2. The molecule has 5 rings (SSSR count). The monoisotopic (exact) mass is 533 g/mol. The van der Waals surface area contributed by atoms with E-state index in [0.29, 0.717) is 19.6 Å². The molecule has 1 aliphatic heterocycles. The lowest BCUT2D eigenvalue weighted by Crippen LogP contribution is -2.45. The van der Waals surface area contributed by atoms with E-state index in [1.54, 1.807) is 4.90 Å². The first-order chi connectivity index (χ1) is 19.6. The van der Waals surface area contributed by atoms with Crippen molar-refractivity contribution >= 4 is 17.6 Å². The van der Waals surface area contributed by atoms with Crippen molar-refractivity contribution in [1.82, 2.24) is 20.0 Å². The zero-order chi connectivity index (χ0) is 27.7. The predicted molar refractivity (Wildman–Crippen MR) is 158 cm³/mol. The maximum Gasteiger partial charge on any atom is 0.242 e. The van der Waals surface area contributed by atoms with Crippen LogP contribution in [0.15, 0.2) is 103 Å². The fourth-order valence-corrected chi connectivity index (χ4v) is 5.12. The van der Waals surface area contributed by atoms with E-state index < -0.39 is 0 Å². The van der Waals surface area contributed by atoms with Crippen molar-refractivity contribution in [2.75, 3.05) is 37.6 Å². The molecule has 1 atom stereocenters. The summed E-state index contributed by atoms with van der Waals surface area (Å²) in [6.45, 7) is 4.71. The number of hydrogen-bond acceptors (Lipinski definition) is 5. The highest BCUT2D eigenvalue weighted by molar-refractivity contribution is 5.86. The maximum atomic E-state index is 13.6. The van der Waals surface area contributed by atoms with E-state index in [-0.39, 0.29) is 30.8 Å². The molecule has 1 aliphatic rings. The van der Waals surface area contributed by atoms with Crippen LogP contribution in [0, 0.1) is 0 Å². The van der Waals surface area contributed by atoms with E-state index in [1.807, 2.05) is 115 Å². The minimum absolute atomic E-state index is 0.0310. The lowest BCUT2D eigenvalue weighted by molar-refractivity contribution is -0.142. The van der Waals surface area contributed by atoms with E-state index >= 15 is 0 Å². The maximum absolute atomic E-state index is 13.6. The van der Waals surface area contributed by atoms with Crippen LogP contribution in [0.3, 0.4) is 0 Å². The second-order valence-electron chi connectivity index (χ2n) is 10.1. The Hall–Kier alpha value is -4.52. The van der Waals surface area contributed by atoms with Crippen LogP contribution in [0.25, 0.3) is 11.3 Å². The van der Waals surface area contributed by atoms with Gasteiger partial charge in [0.15, 0.2) is 5.82 Å². The van der Waals surface area contributed by atoms with Crippen LogP contribution in [0.1, 0.15) is 30.5 Å². The zero-order valence-electron chi connectivity index (χ0n) is 22.9. The van der Waals surface area contributed by atoms with Crippen LogP contribution in [-0.4, -0.2) is 64.5 Å². The standard InChI is InChI=1S/C33H35N5O2/c1-26(28-14-7-3-8-15-28)38(32(39)24-27-12-5-2-6-13-27)25-33(40)37-21-11-20-36(22-23-37)31-19-18-30(34-35-31)29-16-9-4-10-17-29/h2-10,12-19,26H,11,20-25H2,1H3/t26-/m0/s1. The van der Waals surface area contributed by atoms with Gasteiger partial charge in [-0.3, -0.25) is 9.59 Å². The Morgan fingerprint density at radius 2 is 1.45 bits per heavy atom. The number of aromatic nitrogens is 2. The Balaban J connectivity index is 1.25. The van der Waals surface area contributed by atoms with Gasteiger partial charge in [-0.1, -0.05) is 91.0 Å². The van der Waals surface area contributed by atoms with Gasteiger partial charge in [-0.2, -0.15) is 0 Å². The number of anilines is 1. The molecule has 2 amide bonds. The molecule has 0 aliphatic carbocycles. The topological polar surface area (TPSA) is 69.6 Å². The van der Waals surface area contributed by atoms with Gasteiger partial charge in [0, 0.05) is 31.7 Å². The molecule has 1 aromatic heterocycles. The molecule has 0 unspecified atom stereocenters. The van der Waals surface area contributed by atoms with E-state index in [1.165, 1.54) is 0 Å². The van der Waals surface area contributed by atoms with E-state index in [2.05, 4.69) is 15.1 Å². The van der Waals surface area contributed by atoms with Crippen molar-refractivity contribution < 1.29 is 9.59 Å². The van der Waals surface area contributed by atoms with Crippen LogP contribution >= 0.6 is 0 Å². The Morgan fingerprint density at radius 1 is 0.775 bits per heavy atom. The average molecular weight is 534 g/mol. The molecule has 40 heavy (non-hydrogen) atoms. The molecule has 0 bridgehead atoms. The Bertz CT molecular complexity index is 1380. The van der Waals surface area contributed by atoms with Gasteiger partial charge in [-0.15, -0.1) is 10.2 Å². The molecule has 0 saturated carbocycles. The average Bonchev–Trinajstić information content (AvgIpc) is 3.27. The van der Waals surface area contributed by atoms with Crippen molar-refractivity contribution in [2.45, 2.75) is 25.8 Å². The van der Waals surface area contributed by atoms with Gasteiger partial charge in [0.2, 0.25) is 11.8 Å². The molecule has 204 valence electrons. The van der Waals surface area contributed by atoms with Gasteiger partial charge in [0.05, 0.1) is 18.2 Å². The van der Waals surface area contributed by atoms with Gasteiger partial charge >= 0.3 is 0 Å². The number of benzene rings is 3. The minimum atomic E-state index is -0.219. The number of hydrogen-bond donors (Lipinski definition) is 0. The second kappa shape index (κ2) is 13.0. The third-order valence-corrected chi connectivity index (χ3v) is 7.47. The lowest BCUT2D eigenvalue weighted by Gasteiger charge is -2.32. The molecule has 1 saturated heterocycles. The van der Waals surface area contributed by atoms with Crippen molar-refractivity contribution in [3.05, 3.63) is 114 Å². The zero-order valence-corrected chi connectivity index (χ0v) is 22.9. The number of carbonyl (C=O) groups excluding carboxylic acids is 2. The summed E-state index contributed by atoms with van der Waals surface area (Å²) in [7, 11) is 0. The summed E-state index contributed by atoms with van der Waals surface area (Å²) in [5, 5.41) is 8.91. The van der Waals surface area contributed by atoms with Gasteiger partial charge in [0.1, 0.15) is 6.54 Å². The van der Waals surface area contributed by atoms with Crippen LogP contribution in [0.4, 0.5) is 5.82 Å². The molecule has 7 heteroatoms. The number of rotatable bonds is 8. The van der Waals surface area contributed by atoms with Crippen molar-refractivity contribution in [2.24, 2.45) is 0 Å². The van der Waals surface area contributed by atoms with Gasteiger partial charge in [-0.25, -0.2) is 0 Å². The van der Waals surface area contributed by atoms with E-state index in [4.69, 9.17) is 0 Å². The van der Waals surface area contributed by atoms with Crippen LogP contribution in [-0.2, 0) is 16.0 Å². The summed E-state index contributed by atoms with van der Waals surface area (Å²) in [5.74, 6) is 0.726. The first-order valence-electron chi connectivity index (χ1n) is 13.9. The summed E-state index contributed by atoms with van der Waals surface area (Å²) in [6.07, 6.45) is 1.08. The fraction of sp³-hybridized carbons (Fsp3) is 0.273. The molecule has 7 nitrogen and oxygen atoms in total. The summed E-state index contributed by atoms with van der Waals surface area (Å²) >= 11 is 0. The summed E-state index contributed by atoms with van der Waals surface area (Å²) in [4.78, 5) is 32.9. The molecule has 0 N–H and O–H groups in total. The molecule has 0 spiro atoms. The van der Waals surface area contributed by atoms with Crippen molar-refractivity contribution in [3.63, 3.8) is 0 Å². The highest BCUT2D eigenvalue weighted by Crippen LogP contribution is 2.23. The fourth-order valence-electron chi connectivity index (χ4n) is 5.12. The molecule has 1 fully saturated rings. The predicted octanol–water partition coefficient (Wildman–Crippen LogP) is 5.01. The van der Waals surface area contributed by atoms with E-state index in [9.17, 15) is 9.59 Å². The first-order valence-corrected chi connectivity index (χ1v) is 13.9. The normalized spacial score (nSPS) is 14.3. The van der Waals surface area contributed by atoms with E-state index in [0.717, 1.165) is 41.2 Å². The second-order valence-corrected chi connectivity index (χ2v) is 10.1. The Kier molecular flexibility index (Phi) is 8.81. The molecular formula is C33H35N5O2. The lowest BCUT2D eigenvalue weighted by atomic mass is 10.0. The van der Waals surface area contributed by atoms with Crippen molar-refractivity contribution in [1.29, 1.82) is 0 Å². The van der Waals surface area contributed by atoms with Crippen molar-refractivity contribution in [3.8, 4) is 11.3 Å². The van der Waals surface area contributed by atoms with Crippen LogP contribution < -0.4 is 4.90 Å². The minimum Gasteiger partial charge on any atom is -0.353 e. The Labute approximate surface area is 236 Å². The molecule has 3 aromatic carbocycles. The molecule has 2 heterocycles. The molecule has 0 radical (unpaired) electrons. The third-order valence-electron chi connectivity index (χ3n) is 7.47. The number of amides is 2. The molecule has 4 aromatic rings. The summed E-state index contributed by atoms with van der Waals surface area (Å²) in [6, 6.07) is 33.4. The first kappa shape index (κ1) is 27.1. The summed E-state index contributed by atoms with van der Waals surface area (Å²) < 4.78 is 0. The van der Waals surface area contributed by atoms with Gasteiger partial charge in [0.25, 0.3) is 0 Å².